The lowest BCUT2D eigenvalue weighted by Crippen LogP contribution is -2.51. The van der Waals surface area contributed by atoms with E-state index in [1.165, 1.54) is 0 Å². The summed E-state index contributed by atoms with van der Waals surface area (Å²) in [4.78, 5) is 25.8. The van der Waals surface area contributed by atoms with Gasteiger partial charge < -0.3 is 0 Å². The van der Waals surface area contributed by atoms with Gasteiger partial charge in [0, 0.05) is 32.6 Å². The van der Waals surface area contributed by atoms with Crippen molar-refractivity contribution in [2.24, 2.45) is 0 Å². The third-order valence-corrected chi connectivity index (χ3v) is 4.95. The van der Waals surface area contributed by atoms with E-state index in [9.17, 15) is 9.59 Å². The van der Waals surface area contributed by atoms with Crippen LogP contribution in [0.3, 0.4) is 0 Å². The molecule has 2 heterocycles. The summed E-state index contributed by atoms with van der Waals surface area (Å²) in [6.07, 6.45) is 4.38. The summed E-state index contributed by atoms with van der Waals surface area (Å²) in [5.74, 6) is -0.452. The zero-order valence-electron chi connectivity index (χ0n) is 15.0. The van der Waals surface area contributed by atoms with Crippen LogP contribution in [0, 0.1) is 6.92 Å². The van der Waals surface area contributed by atoms with E-state index in [0.717, 1.165) is 56.4 Å². The van der Waals surface area contributed by atoms with Gasteiger partial charge in [0.25, 0.3) is 0 Å². The third kappa shape index (κ3) is 4.58. The minimum Gasteiger partial charge on any atom is -0.278 e. The van der Waals surface area contributed by atoms with Crippen molar-refractivity contribution in [3.05, 3.63) is 35.4 Å². The second-order valence-electron chi connectivity index (χ2n) is 6.93. The summed E-state index contributed by atoms with van der Waals surface area (Å²) in [6, 6.07) is 7.95. The van der Waals surface area contributed by atoms with Gasteiger partial charge in [0.2, 0.25) is 11.8 Å². The van der Waals surface area contributed by atoms with Crippen LogP contribution in [0.25, 0.3) is 0 Å². The highest BCUT2D eigenvalue weighted by Gasteiger charge is 2.31. The van der Waals surface area contributed by atoms with E-state index in [1.807, 2.05) is 31.2 Å². The van der Waals surface area contributed by atoms with Crippen LogP contribution in [0.2, 0.25) is 0 Å². The molecule has 0 radical (unpaired) electrons. The molecule has 2 fully saturated rings. The van der Waals surface area contributed by atoms with Crippen molar-refractivity contribution in [3.8, 4) is 0 Å². The number of hydrogen-bond donors (Lipinski definition) is 2. The summed E-state index contributed by atoms with van der Waals surface area (Å²) in [7, 11) is 0. The first-order chi connectivity index (χ1) is 12.1. The summed E-state index contributed by atoms with van der Waals surface area (Å²) in [5.41, 5.74) is 8.38. The maximum atomic E-state index is 13.1. The third-order valence-electron chi connectivity index (χ3n) is 4.95. The van der Waals surface area contributed by atoms with Crippen LogP contribution < -0.4 is 10.9 Å². The Bertz CT molecular complexity index is 590. The van der Waals surface area contributed by atoms with E-state index in [2.05, 4.69) is 10.9 Å². The Labute approximate surface area is 149 Å². The van der Waals surface area contributed by atoms with Crippen molar-refractivity contribution in [1.29, 1.82) is 0 Å². The zero-order chi connectivity index (χ0) is 17.6. The average Bonchev–Trinajstić information content (AvgIpc) is 2.67. The Morgan fingerprint density at radius 1 is 0.960 bits per heavy atom. The molecule has 3 rings (SSSR count). The molecule has 1 atom stereocenters. The molecule has 6 heteroatoms. The summed E-state index contributed by atoms with van der Waals surface area (Å²) in [5, 5.41) is 3.38. The maximum Gasteiger partial charge on any atom is 0.244 e. The van der Waals surface area contributed by atoms with E-state index in [-0.39, 0.29) is 18.2 Å². The van der Waals surface area contributed by atoms with Gasteiger partial charge in [-0.2, -0.15) is 0 Å². The number of carbonyl (C=O) groups is 2. The Balaban J connectivity index is 1.76. The monoisotopic (exact) mass is 344 g/mol. The molecule has 1 unspecified atom stereocenters. The fourth-order valence-corrected chi connectivity index (χ4v) is 3.40. The molecule has 2 saturated heterocycles. The molecule has 136 valence electrons. The number of amides is 2. The van der Waals surface area contributed by atoms with Gasteiger partial charge in [0.1, 0.15) is 0 Å². The normalized spacial score (nSPS) is 19.6. The van der Waals surface area contributed by atoms with Gasteiger partial charge in [-0.05, 0) is 38.2 Å². The van der Waals surface area contributed by atoms with Gasteiger partial charge in [0.05, 0.1) is 5.92 Å². The van der Waals surface area contributed by atoms with Crippen LogP contribution in [0.1, 0.15) is 49.1 Å². The molecule has 0 spiro atoms. The molecule has 0 saturated carbocycles. The van der Waals surface area contributed by atoms with Crippen molar-refractivity contribution in [3.63, 3.8) is 0 Å². The van der Waals surface area contributed by atoms with Crippen molar-refractivity contribution < 1.29 is 9.59 Å². The molecular formula is C19H28N4O2. The van der Waals surface area contributed by atoms with Crippen LogP contribution in [-0.4, -0.2) is 48.0 Å². The molecule has 6 nitrogen and oxygen atoms in total. The Hall–Kier alpha value is -1.92. The van der Waals surface area contributed by atoms with E-state index in [1.54, 1.807) is 10.0 Å². The molecule has 0 aromatic heterocycles. The first-order valence-corrected chi connectivity index (χ1v) is 9.30. The topological polar surface area (TPSA) is 64.7 Å². The van der Waals surface area contributed by atoms with Crippen molar-refractivity contribution in [2.75, 3.05) is 26.2 Å². The van der Waals surface area contributed by atoms with Gasteiger partial charge in [-0.15, -0.1) is 0 Å². The SMILES string of the molecule is Cc1ccc(C(CC(=O)N2CCCCN2)C(=O)N2CCCCN2)cc1. The number of nitrogens with zero attached hydrogens (tertiary/aromatic N) is 2. The Morgan fingerprint density at radius 3 is 2.12 bits per heavy atom. The highest BCUT2D eigenvalue weighted by molar-refractivity contribution is 5.89. The second-order valence-corrected chi connectivity index (χ2v) is 6.93. The smallest absolute Gasteiger partial charge is 0.244 e. The maximum absolute atomic E-state index is 13.1. The number of rotatable bonds is 4. The molecule has 25 heavy (non-hydrogen) atoms. The Morgan fingerprint density at radius 2 is 1.56 bits per heavy atom. The summed E-state index contributed by atoms with van der Waals surface area (Å²) in [6.45, 7) is 5.08. The molecule has 2 aliphatic rings. The predicted molar refractivity (Wildman–Crippen MR) is 96.4 cm³/mol. The minimum atomic E-state index is -0.442. The summed E-state index contributed by atoms with van der Waals surface area (Å²) >= 11 is 0. The first-order valence-electron chi connectivity index (χ1n) is 9.30. The second kappa shape index (κ2) is 8.45. The highest BCUT2D eigenvalue weighted by Crippen LogP contribution is 2.24. The van der Waals surface area contributed by atoms with Gasteiger partial charge in [-0.1, -0.05) is 29.8 Å². The van der Waals surface area contributed by atoms with Crippen LogP contribution in [0.5, 0.6) is 0 Å². The van der Waals surface area contributed by atoms with Crippen molar-refractivity contribution in [2.45, 2.75) is 44.9 Å². The van der Waals surface area contributed by atoms with Gasteiger partial charge >= 0.3 is 0 Å². The summed E-state index contributed by atoms with van der Waals surface area (Å²) < 4.78 is 0. The van der Waals surface area contributed by atoms with Crippen LogP contribution >= 0.6 is 0 Å². The van der Waals surface area contributed by atoms with E-state index < -0.39 is 5.92 Å². The van der Waals surface area contributed by atoms with E-state index in [4.69, 9.17) is 0 Å². The lowest BCUT2D eigenvalue weighted by atomic mass is 9.93. The molecule has 1 aromatic rings. The van der Waals surface area contributed by atoms with Crippen LogP contribution in [0.4, 0.5) is 0 Å². The van der Waals surface area contributed by atoms with Crippen molar-refractivity contribution >= 4 is 11.8 Å². The number of nitrogens with one attached hydrogen (secondary N) is 2. The lowest BCUT2D eigenvalue weighted by molar-refractivity contribution is -0.143. The van der Waals surface area contributed by atoms with E-state index >= 15 is 0 Å². The van der Waals surface area contributed by atoms with E-state index in [0.29, 0.717) is 6.54 Å². The number of benzene rings is 1. The largest absolute Gasteiger partial charge is 0.278 e. The fraction of sp³-hybridized carbons (Fsp3) is 0.579. The highest BCUT2D eigenvalue weighted by atomic mass is 16.2. The Kier molecular flexibility index (Phi) is 6.04. The number of carbonyl (C=O) groups excluding carboxylic acids is 2. The quantitative estimate of drug-likeness (QED) is 0.873. The molecular weight excluding hydrogens is 316 g/mol. The van der Waals surface area contributed by atoms with Gasteiger partial charge in [-0.25, -0.2) is 10.9 Å². The lowest BCUT2D eigenvalue weighted by Gasteiger charge is -2.33. The van der Waals surface area contributed by atoms with Crippen LogP contribution in [0.15, 0.2) is 24.3 Å². The molecule has 2 N–H and O–H groups in total. The standard InChI is InChI=1S/C19H28N4O2/c1-15-6-8-16(9-7-15)17(19(25)23-13-5-3-11-21-23)14-18(24)22-12-4-2-10-20-22/h6-9,17,20-21H,2-5,10-14H2,1H3. The predicted octanol–water partition coefficient (Wildman–Crippen LogP) is 1.72. The number of hydrazine groups is 2. The molecule has 1 aromatic carbocycles. The number of hydrogen-bond acceptors (Lipinski definition) is 4. The van der Waals surface area contributed by atoms with Gasteiger partial charge in [-0.3, -0.25) is 19.6 Å². The average molecular weight is 344 g/mol. The number of aryl methyl sites for hydroxylation is 1. The first kappa shape index (κ1) is 17.9. The molecule has 2 amide bonds. The molecule has 0 bridgehead atoms. The molecule has 0 aliphatic carbocycles. The minimum absolute atomic E-state index is 0.00404. The van der Waals surface area contributed by atoms with Crippen LogP contribution in [-0.2, 0) is 9.59 Å². The zero-order valence-corrected chi connectivity index (χ0v) is 15.0. The van der Waals surface area contributed by atoms with Gasteiger partial charge in [0.15, 0.2) is 0 Å². The molecule has 2 aliphatic heterocycles. The van der Waals surface area contributed by atoms with Crippen molar-refractivity contribution in [1.82, 2.24) is 20.9 Å². The fourth-order valence-electron chi connectivity index (χ4n) is 3.40.